The lowest BCUT2D eigenvalue weighted by Gasteiger charge is -2.16. The smallest absolute Gasteiger partial charge is 0.128 e. The summed E-state index contributed by atoms with van der Waals surface area (Å²) >= 11 is 0. The van der Waals surface area contributed by atoms with E-state index in [1.54, 1.807) is 18.5 Å². The number of nitrogens with zero attached hydrogens (tertiary/aromatic N) is 1. The van der Waals surface area contributed by atoms with Crippen LogP contribution in [-0.4, -0.2) is 29.4 Å². The second-order valence-electron chi connectivity index (χ2n) is 3.23. The van der Waals surface area contributed by atoms with Crippen molar-refractivity contribution < 1.29 is 14.6 Å². The summed E-state index contributed by atoms with van der Waals surface area (Å²) in [5, 5.41) is 9.06. The van der Waals surface area contributed by atoms with Crippen molar-refractivity contribution >= 4 is 0 Å². The van der Waals surface area contributed by atoms with E-state index in [2.05, 4.69) is 4.98 Å². The first kappa shape index (κ1) is 11.9. The monoisotopic (exact) mass is 211 g/mol. The van der Waals surface area contributed by atoms with Crippen LogP contribution in [-0.2, 0) is 11.3 Å². The Bertz CT molecular complexity index is 291. The van der Waals surface area contributed by atoms with E-state index in [-0.39, 0.29) is 12.7 Å². The highest BCUT2D eigenvalue weighted by molar-refractivity contribution is 5.29. The van der Waals surface area contributed by atoms with Crippen molar-refractivity contribution in [3.05, 3.63) is 24.0 Å². The Hall–Kier alpha value is -1.13. The van der Waals surface area contributed by atoms with Gasteiger partial charge < -0.3 is 14.6 Å². The molecule has 0 fully saturated rings. The molecule has 1 N–H and O–H groups in total. The van der Waals surface area contributed by atoms with Crippen LogP contribution in [0.2, 0.25) is 0 Å². The topological polar surface area (TPSA) is 51.6 Å². The SMILES string of the molecule is CCOCC(C)Oc1ccncc1CO. The van der Waals surface area contributed by atoms with Gasteiger partial charge in [0, 0.05) is 24.6 Å². The average molecular weight is 211 g/mol. The van der Waals surface area contributed by atoms with Gasteiger partial charge in [-0.2, -0.15) is 0 Å². The highest BCUT2D eigenvalue weighted by atomic mass is 16.5. The standard InChI is InChI=1S/C11H17NO3/c1-3-14-8-9(2)15-11-4-5-12-6-10(11)7-13/h4-6,9,13H,3,7-8H2,1-2H3. The molecule has 1 rings (SSSR count). The third-order valence-electron chi connectivity index (χ3n) is 1.91. The summed E-state index contributed by atoms with van der Waals surface area (Å²) in [6.07, 6.45) is 3.21. The second kappa shape index (κ2) is 6.37. The van der Waals surface area contributed by atoms with Gasteiger partial charge in [0.1, 0.15) is 11.9 Å². The number of hydrogen-bond acceptors (Lipinski definition) is 4. The minimum atomic E-state index is -0.0650. The largest absolute Gasteiger partial charge is 0.488 e. The Morgan fingerprint density at radius 1 is 1.53 bits per heavy atom. The number of pyridine rings is 1. The molecule has 1 aromatic heterocycles. The summed E-state index contributed by atoms with van der Waals surface area (Å²) in [6.45, 7) is 5.03. The molecular weight excluding hydrogens is 194 g/mol. The van der Waals surface area contributed by atoms with Gasteiger partial charge >= 0.3 is 0 Å². The van der Waals surface area contributed by atoms with Gasteiger partial charge in [-0.05, 0) is 19.9 Å². The van der Waals surface area contributed by atoms with Crippen molar-refractivity contribution in [2.24, 2.45) is 0 Å². The van der Waals surface area contributed by atoms with E-state index in [0.29, 0.717) is 24.5 Å². The molecule has 1 aromatic rings. The highest BCUT2D eigenvalue weighted by Gasteiger charge is 2.07. The lowest BCUT2D eigenvalue weighted by molar-refractivity contribution is 0.0644. The number of aliphatic hydroxyl groups is 1. The van der Waals surface area contributed by atoms with Gasteiger partial charge in [0.2, 0.25) is 0 Å². The maximum Gasteiger partial charge on any atom is 0.128 e. The molecule has 0 bridgehead atoms. The Morgan fingerprint density at radius 3 is 3.00 bits per heavy atom. The third-order valence-corrected chi connectivity index (χ3v) is 1.91. The molecule has 0 aliphatic carbocycles. The highest BCUT2D eigenvalue weighted by Crippen LogP contribution is 2.17. The van der Waals surface area contributed by atoms with Gasteiger partial charge in [-0.15, -0.1) is 0 Å². The van der Waals surface area contributed by atoms with Crippen molar-refractivity contribution in [1.29, 1.82) is 0 Å². The van der Waals surface area contributed by atoms with E-state index < -0.39 is 0 Å². The first-order valence-electron chi connectivity index (χ1n) is 5.06. The van der Waals surface area contributed by atoms with Gasteiger partial charge in [0.05, 0.1) is 13.2 Å². The van der Waals surface area contributed by atoms with Crippen molar-refractivity contribution in [3.63, 3.8) is 0 Å². The van der Waals surface area contributed by atoms with Crippen molar-refractivity contribution in [2.75, 3.05) is 13.2 Å². The zero-order valence-corrected chi connectivity index (χ0v) is 9.14. The fraction of sp³-hybridized carbons (Fsp3) is 0.545. The van der Waals surface area contributed by atoms with Gasteiger partial charge in [-0.3, -0.25) is 4.98 Å². The quantitative estimate of drug-likeness (QED) is 0.772. The van der Waals surface area contributed by atoms with Gasteiger partial charge in [-0.25, -0.2) is 0 Å². The van der Waals surface area contributed by atoms with Gasteiger partial charge in [0.15, 0.2) is 0 Å². The van der Waals surface area contributed by atoms with E-state index >= 15 is 0 Å². The normalized spacial score (nSPS) is 12.5. The molecular formula is C11H17NO3. The van der Waals surface area contributed by atoms with Crippen LogP contribution in [0.25, 0.3) is 0 Å². The van der Waals surface area contributed by atoms with E-state index in [9.17, 15) is 0 Å². The number of rotatable bonds is 6. The molecule has 0 saturated carbocycles. The van der Waals surface area contributed by atoms with Crippen molar-refractivity contribution in [3.8, 4) is 5.75 Å². The molecule has 0 aliphatic heterocycles. The van der Waals surface area contributed by atoms with Gasteiger partial charge in [0.25, 0.3) is 0 Å². The predicted molar refractivity (Wildman–Crippen MR) is 56.7 cm³/mol. The van der Waals surface area contributed by atoms with Crippen LogP contribution >= 0.6 is 0 Å². The van der Waals surface area contributed by atoms with Crippen LogP contribution < -0.4 is 4.74 Å². The first-order valence-corrected chi connectivity index (χ1v) is 5.06. The summed E-state index contributed by atoms with van der Waals surface area (Å²) in [5.74, 6) is 0.666. The maximum atomic E-state index is 9.06. The van der Waals surface area contributed by atoms with Crippen LogP contribution in [0, 0.1) is 0 Å². The molecule has 0 aromatic carbocycles. The molecule has 0 radical (unpaired) electrons. The minimum absolute atomic E-state index is 0.0300. The van der Waals surface area contributed by atoms with E-state index in [0.717, 1.165) is 0 Å². The molecule has 4 heteroatoms. The zero-order chi connectivity index (χ0) is 11.1. The first-order chi connectivity index (χ1) is 7.27. The predicted octanol–water partition coefficient (Wildman–Crippen LogP) is 1.38. The Morgan fingerprint density at radius 2 is 2.33 bits per heavy atom. The lowest BCUT2D eigenvalue weighted by Crippen LogP contribution is -2.19. The molecule has 0 aliphatic rings. The summed E-state index contributed by atoms with van der Waals surface area (Å²) in [6, 6.07) is 1.74. The lowest BCUT2D eigenvalue weighted by atomic mass is 10.2. The molecule has 84 valence electrons. The second-order valence-corrected chi connectivity index (χ2v) is 3.23. The molecule has 1 atom stereocenters. The Labute approximate surface area is 89.9 Å². The Kier molecular flexibility index (Phi) is 5.07. The summed E-state index contributed by atoms with van der Waals surface area (Å²) in [5.41, 5.74) is 0.695. The summed E-state index contributed by atoms with van der Waals surface area (Å²) < 4.78 is 10.9. The van der Waals surface area contributed by atoms with Crippen LogP contribution in [0.15, 0.2) is 18.5 Å². The summed E-state index contributed by atoms with van der Waals surface area (Å²) in [4.78, 5) is 3.91. The van der Waals surface area contributed by atoms with Crippen LogP contribution in [0.5, 0.6) is 5.75 Å². The molecule has 1 heterocycles. The van der Waals surface area contributed by atoms with E-state index in [1.807, 2.05) is 13.8 Å². The molecule has 1 unspecified atom stereocenters. The van der Waals surface area contributed by atoms with Crippen molar-refractivity contribution in [2.45, 2.75) is 26.6 Å². The van der Waals surface area contributed by atoms with Crippen LogP contribution in [0.1, 0.15) is 19.4 Å². The molecule has 0 amide bonds. The molecule has 15 heavy (non-hydrogen) atoms. The van der Waals surface area contributed by atoms with Gasteiger partial charge in [-0.1, -0.05) is 0 Å². The average Bonchev–Trinajstić information content (AvgIpc) is 2.27. The van der Waals surface area contributed by atoms with Crippen molar-refractivity contribution in [1.82, 2.24) is 4.98 Å². The minimum Gasteiger partial charge on any atom is -0.488 e. The van der Waals surface area contributed by atoms with E-state index in [1.165, 1.54) is 0 Å². The Balaban J connectivity index is 2.55. The molecule has 0 saturated heterocycles. The van der Waals surface area contributed by atoms with Crippen LogP contribution in [0.3, 0.4) is 0 Å². The third kappa shape index (κ3) is 3.85. The molecule has 4 nitrogen and oxygen atoms in total. The number of hydrogen-bond donors (Lipinski definition) is 1. The fourth-order valence-corrected chi connectivity index (χ4v) is 1.18. The fourth-order valence-electron chi connectivity index (χ4n) is 1.18. The van der Waals surface area contributed by atoms with Crippen LogP contribution in [0.4, 0.5) is 0 Å². The van der Waals surface area contributed by atoms with E-state index in [4.69, 9.17) is 14.6 Å². The number of aliphatic hydroxyl groups excluding tert-OH is 1. The number of ether oxygens (including phenoxy) is 2. The maximum absolute atomic E-state index is 9.06. The molecule has 0 spiro atoms. The number of aromatic nitrogens is 1. The summed E-state index contributed by atoms with van der Waals surface area (Å²) in [7, 11) is 0. The zero-order valence-electron chi connectivity index (χ0n) is 9.14.